The van der Waals surface area contributed by atoms with Crippen LogP contribution in [0.3, 0.4) is 0 Å². The summed E-state index contributed by atoms with van der Waals surface area (Å²) < 4.78 is 3.84. The van der Waals surface area contributed by atoms with E-state index in [1.165, 1.54) is 19.3 Å². The highest BCUT2D eigenvalue weighted by atomic mass is 16.2. The van der Waals surface area contributed by atoms with E-state index >= 15 is 0 Å². The summed E-state index contributed by atoms with van der Waals surface area (Å²) in [7, 11) is 0. The first kappa shape index (κ1) is 17.7. The fraction of sp³-hybridized carbons (Fsp3) is 0.261. The monoisotopic (exact) mass is 385 g/mol. The van der Waals surface area contributed by atoms with Crippen LogP contribution in [0, 0.1) is 0 Å². The first-order valence-electron chi connectivity index (χ1n) is 10.2. The van der Waals surface area contributed by atoms with E-state index in [0.29, 0.717) is 5.69 Å². The predicted octanol–water partition coefficient (Wildman–Crippen LogP) is 4.25. The molecule has 1 fully saturated rings. The Balaban J connectivity index is 1.43. The molecule has 1 aliphatic rings. The molecular weight excluding hydrogens is 362 g/mol. The van der Waals surface area contributed by atoms with Crippen molar-refractivity contribution in [3.63, 3.8) is 0 Å². The minimum atomic E-state index is -0.0902. The number of pyridine rings is 2. The Morgan fingerprint density at radius 3 is 2.69 bits per heavy atom. The van der Waals surface area contributed by atoms with Gasteiger partial charge in [0.15, 0.2) is 5.69 Å². The lowest BCUT2D eigenvalue weighted by Gasteiger charge is -2.22. The molecule has 6 heteroatoms. The summed E-state index contributed by atoms with van der Waals surface area (Å²) in [6.07, 6.45) is 13.3. The Hall–Kier alpha value is -3.41. The smallest absolute Gasteiger partial charge is 0.272 e. The van der Waals surface area contributed by atoms with Gasteiger partial charge in [0.1, 0.15) is 5.82 Å². The van der Waals surface area contributed by atoms with Gasteiger partial charge in [-0.3, -0.25) is 9.78 Å². The molecule has 0 aliphatic heterocycles. The van der Waals surface area contributed by atoms with Gasteiger partial charge in [0.05, 0.1) is 0 Å². The van der Waals surface area contributed by atoms with Crippen LogP contribution >= 0.6 is 0 Å². The highest BCUT2D eigenvalue weighted by Crippen LogP contribution is 2.22. The quantitative estimate of drug-likeness (QED) is 0.571. The molecule has 5 rings (SSSR count). The lowest BCUT2D eigenvalue weighted by Crippen LogP contribution is -2.36. The second kappa shape index (κ2) is 7.54. The van der Waals surface area contributed by atoms with E-state index < -0.39 is 0 Å². The number of nitrogens with one attached hydrogen (secondary N) is 1. The molecule has 4 aromatic rings. The first-order valence-corrected chi connectivity index (χ1v) is 10.2. The van der Waals surface area contributed by atoms with Crippen LogP contribution in [0.2, 0.25) is 0 Å². The zero-order chi connectivity index (χ0) is 19.6. The van der Waals surface area contributed by atoms with Gasteiger partial charge >= 0.3 is 0 Å². The summed E-state index contributed by atoms with van der Waals surface area (Å²) in [5, 5.41) is 7.68. The summed E-state index contributed by atoms with van der Waals surface area (Å²) in [6, 6.07) is 14.2. The molecule has 146 valence electrons. The molecule has 1 amide bonds. The van der Waals surface area contributed by atoms with Gasteiger partial charge in [-0.25, -0.2) is 4.68 Å². The topological polar surface area (TPSA) is 64.2 Å². The normalized spacial score (nSPS) is 14.9. The van der Waals surface area contributed by atoms with Crippen LogP contribution in [0.5, 0.6) is 0 Å². The van der Waals surface area contributed by atoms with Gasteiger partial charge in [-0.2, -0.15) is 5.10 Å². The first-order chi connectivity index (χ1) is 14.3. The van der Waals surface area contributed by atoms with Crippen molar-refractivity contribution in [2.75, 3.05) is 0 Å². The van der Waals surface area contributed by atoms with Gasteiger partial charge in [-0.1, -0.05) is 31.4 Å². The Morgan fingerprint density at radius 2 is 1.86 bits per heavy atom. The number of aromatic nitrogens is 4. The number of hydrogen-bond donors (Lipinski definition) is 1. The van der Waals surface area contributed by atoms with E-state index in [2.05, 4.69) is 38.1 Å². The second-order valence-corrected chi connectivity index (χ2v) is 7.60. The van der Waals surface area contributed by atoms with Gasteiger partial charge in [-0.15, -0.1) is 0 Å². The van der Waals surface area contributed by atoms with Crippen LogP contribution in [-0.2, 0) is 0 Å². The van der Waals surface area contributed by atoms with Crippen LogP contribution in [0.15, 0.2) is 67.3 Å². The van der Waals surface area contributed by atoms with Crippen molar-refractivity contribution in [2.24, 2.45) is 0 Å². The third kappa shape index (κ3) is 3.53. The van der Waals surface area contributed by atoms with E-state index in [0.717, 1.165) is 35.3 Å². The summed E-state index contributed by atoms with van der Waals surface area (Å²) in [5.41, 5.74) is 3.65. The van der Waals surface area contributed by atoms with Crippen LogP contribution in [0.1, 0.15) is 42.6 Å². The third-order valence-electron chi connectivity index (χ3n) is 5.62. The predicted molar refractivity (Wildman–Crippen MR) is 112 cm³/mol. The van der Waals surface area contributed by atoms with Crippen molar-refractivity contribution >= 4 is 11.4 Å². The molecule has 1 aliphatic carbocycles. The summed E-state index contributed by atoms with van der Waals surface area (Å²) in [4.78, 5) is 16.8. The number of rotatable bonds is 4. The lowest BCUT2D eigenvalue weighted by atomic mass is 9.95. The average Bonchev–Trinajstić information content (AvgIpc) is 3.42. The van der Waals surface area contributed by atoms with E-state index in [9.17, 15) is 4.79 Å². The summed E-state index contributed by atoms with van der Waals surface area (Å²) in [6.45, 7) is 0. The van der Waals surface area contributed by atoms with Gasteiger partial charge in [0, 0.05) is 41.9 Å². The fourth-order valence-corrected chi connectivity index (χ4v) is 4.06. The Morgan fingerprint density at radius 1 is 1.00 bits per heavy atom. The molecule has 0 spiro atoms. The Labute approximate surface area is 169 Å². The van der Waals surface area contributed by atoms with E-state index in [4.69, 9.17) is 0 Å². The molecule has 0 atom stereocenters. The van der Waals surface area contributed by atoms with E-state index in [-0.39, 0.29) is 11.9 Å². The molecule has 0 bridgehead atoms. The second-order valence-electron chi connectivity index (χ2n) is 7.60. The van der Waals surface area contributed by atoms with Crippen molar-refractivity contribution in [1.82, 2.24) is 24.5 Å². The average molecular weight is 385 g/mol. The zero-order valence-electron chi connectivity index (χ0n) is 16.2. The fourth-order valence-electron chi connectivity index (χ4n) is 4.06. The third-order valence-corrected chi connectivity index (χ3v) is 5.62. The van der Waals surface area contributed by atoms with Crippen LogP contribution in [0.25, 0.3) is 22.5 Å². The molecule has 0 aromatic carbocycles. The van der Waals surface area contributed by atoms with Crippen molar-refractivity contribution in [1.29, 1.82) is 0 Å². The van der Waals surface area contributed by atoms with Gasteiger partial charge in [-0.05, 0) is 48.7 Å². The van der Waals surface area contributed by atoms with E-state index in [1.807, 2.05) is 36.7 Å². The summed E-state index contributed by atoms with van der Waals surface area (Å²) >= 11 is 0. The Bertz CT molecular complexity index is 1140. The molecule has 0 radical (unpaired) electrons. The highest BCUT2D eigenvalue weighted by Gasteiger charge is 2.18. The van der Waals surface area contributed by atoms with Crippen LogP contribution in [-0.4, -0.2) is 31.1 Å². The summed E-state index contributed by atoms with van der Waals surface area (Å²) in [5.74, 6) is 0.801. The standard InChI is InChI=1S/C23H23N5O/c29-23(25-19-6-2-1-3-7-19)21-12-14-28(26-21)22-11-10-20-9-8-18(16-27(20)22)17-5-4-13-24-15-17/h4-5,8-16,19H,1-3,6-7H2,(H,25,29). The maximum absolute atomic E-state index is 12.6. The van der Waals surface area contributed by atoms with Crippen LogP contribution in [0.4, 0.5) is 0 Å². The molecule has 6 nitrogen and oxygen atoms in total. The molecule has 1 saturated carbocycles. The lowest BCUT2D eigenvalue weighted by molar-refractivity contribution is 0.0922. The van der Waals surface area contributed by atoms with Gasteiger partial charge in [0.2, 0.25) is 0 Å². The van der Waals surface area contributed by atoms with Crippen molar-refractivity contribution < 1.29 is 4.79 Å². The van der Waals surface area contributed by atoms with Crippen molar-refractivity contribution in [3.8, 4) is 16.9 Å². The van der Waals surface area contributed by atoms with Gasteiger partial charge in [0.25, 0.3) is 5.91 Å². The largest absolute Gasteiger partial charge is 0.348 e. The molecule has 4 aromatic heterocycles. The number of nitrogens with zero attached hydrogens (tertiary/aromatic N) is 4. The molecular formula is C23H23N5O. The Kier molecular flexibility index (Phi) is 4.60. The molecule has 29 heavy (non-hydrogen) atoms. The maximum Gasteiger partial charge on any atom is 0.272 e. The number of amides is 1. The minimum Gasteiger partial charge on any atom is -0.348 e. The number of fused-ring (bicyclic) bond motifs is 1. The molecule has 1 N–H and O–H groups in total. The maximum atomic E-state index is 12.6. The number of hydrogen-bond acceptors (Lipinski definition) is 3. The van der Waals surface area contributed by atoms with Crippen molar-refractivity contribution in [2.45, 2.75) is 38.1 Å². The highest BCUT2D eigenvalue weighted by molar-refractivity contribution is 5.92. The zero-order valence-corrected chi connectivity index (χ0v) is 16.2. The van der Waals surface area contributed by atoms with E-state index in [1.54, 1.807) is 16.9 Å². The SMILES string of the molecule is O=C(NC1CCCCC1)c1ccn(-c2ccc3ccc(-c4cccnc4)cn23)n1. The number of carbonyl (C=O) groups is 1. The van der Waals surface area contributed by atoms with Crippen molar-refractivity contribution in [3.05, 3.63) is 72.9 Å². The molecule has 4 heterocycles. The van der Waals surface area contributed by atoms with Gasteiger partial charge < -0.3 is 9.72 Å². The molecule has 0 unspecified atom stereocenters. The number of carbonyl (C=O) groups excluding carboxylic acids is 1. The molecule has 0 saturated heterocycles. The van der Waals surface area contributed by atoms with Crippen LogP contribution < -0.4 is 5.32 Å². The minimum absolute atomic E-state index is 0.0902.